The topological polar surface area (TPSA) is 32.3 Å². The number of rotatable bonds is 2. The molecule has 0 saturated carbocycles. The molecule has 1 saturated heterocycles. The van der Waals surface area contributed by atoms with Gasteiger partial charge in [0.05, 0.1) is 16.1 Å². The zero-order valence-corrected chi connectivity index (χ0v) is 10.6. The third-order valence-corrected chi connectivity index (χ3v) is 3.99. The molecule has 0 amide bonds. The van der Waals surface area contributed by atoms with E-state index in [1.807, 2.05) is 25.1 Å². The Hall–Kier alpha value is -0.280. The molecule has 0 spiro atoms. The van der Waals surface area contributed by atoms with E-state index in [1.165, 1.54) is 0 Å². The standard InChI is InChI=1S/C12H15Cl2NO/c1-7(16)9-5-15-6-10(9)8-2-3-11(13)12(14)4-8/h2-4,7,9-10,15-16H,5-6H2,1H3. The first-order valence-corrected chi connectivity index (χ1v) is 6.19. The van der Waals surface area contributed by atoms with E-state index < -0.39 is 0 Å². The molecule has 88 valence electrons. The van der Waals surface area contributed by atoms with Gasteiger partial charge >= 0.3 is 0 Å². The highest BCUT2D eigenvalue weighted by Gasteiger charge is 2.31. The predicted molar refractivity (Wildman–Crippen MR) is 67.2 cm³/mol. The van der Waals surface area contributed by atoms with Crippen molar-refractivity contribution in [2.45, 2.75) is 18.9 Å². The number of nitrogens with one attached hydrogen (secondary N) is 1. The maximum Gasteiger partial charge on any atom is 0.0595 e. The molecule has 0 aliphatic carbocycles. The summed E-state index contributed by atoms with van der Waals surface area (Å²) < 4.78 is 0. The second-order valence-electron chi connectivity index (χ2n) is 4.34. The summed E-state index contributed by atoms with van der Waals surface area (Å²) >= 11 is 11.9. The summed E-state index contributed by atoms with van der Waals surface area (Å²) in [5, 5.41) is 14.2. The van der Waals surface area contributed by atoms with Crippen LogP contribution in [0.15, 0.2) is 18.2 Å². The van der Waals surface area contributed by atoms with E-state index in [1.54, 1.807) is 0 Å². The number of aliphatic hydroxyl groups excluding tert-OH is 1. The second-order valence-corrected chi connectivity index (χ2v) is 5.16. The van der Waals surface area contributed by atoms with Gasteiger partial charge in [-0.3, -0.25) is 0 Å². The van der Waals surface area contributed by atoms with Crippen molar-refractivity contribution in [2.24, 2.45) is 5.92 Å². The van der Waals surface area contributed by atoms with Crippen LogP contribution in [0.4, 0.5) is 0 Å². The van der Waals surface area contributed by atoms with E-state index in [9.17, 15) is 5.11 Å². The van der Waals surface area contributed by atoms with Gasteiger partial charge in [-0.1, -0.05) is 29.3 Å². The molecule has 16 heavy (non-hydrogen) atoms. The first-order chi connectivity index (χ1) is 7.59. The van der Waals surface area contributed by atoms with E-state index in [0.717, 1.165) is 18.7 Å². The molecule has 2 rings (SSSR count). The van der Waals surface area contributed by atoms with Crippen molar-refractivity contribution in [3.8, 4) is 0 Å². The highest BCUT2D eigenvalue weighted by Crippen LogP contribution is 2.33. The van der Waals surface area contributed by atoms with E-state index in [4.69, 9.17) is 23.2 Å². The van der Waals surface area contributed by atoms with Crippen molar-refractivity contribution < 1.29 is 5.11 Å². The highest BCUT2D eigenvalue weighted by atomic mass is 35.5. The molecule has 2 N–H and O–H groups in total. The lowest BCUT2D eigenvalue weighted by molar-refractivity contribution is 0.127. The minimum atomic E-state index is -0.311. The van der Waals surface area contributed by atoms with Crippen molar-refractivity contribution in [1.82, 2.24) is 5.32 Å². The van der Waals surface area contributed by atoms with Crippen LogP contribution >= 0.6 is 23.2 Å². The third-order valence-electron chi connectivity index (χ3n) is 3.25. The number of hydrogen-bond acceptors (Lipinski definition) is 2. The van der Waals surface area contributed by atoms with Crippen molar-refractivity contribution >= 4 is 23.2 Å². The van der Waals surface area contributed by atoms with Gasteiger partial charge in [-0.2, -0.15) is 0 Å². The second kappa shape index (κ2) is 4.92. The van der Waals surface area contributed by atoms with Gasteiger partial charge in [-0.25, -0.2) is 0 Å². The molecule has 1 aliphatic rings. The minimum Gasteiger partial charge on any atom is -0.393 e. The highest BCUT2D eigenvalue weighted by molar-refractivity contribution is 6.42. The van der Waals surface area contributed by atoms with Crippen molar-refractivity contribution in [1.29, 1.82) is 0 Å². The lowest BCUT2D eigenvalue weighted by atomic mass is 9.86. The summed E-state index contributed by atoms with van der Waals surface area (Å²) in [6.07, 6.45) is -0.311. The van der Waals surface area contributed by atoms with Crippen LogP contribution in [0.1, 0.15) is 18.4 Å². The van der Waals surface area contributed by atoms with Crippen LogP contribution in [0.3, 0.4) is 0 Å². The Balaban J connectivity index is 2.26. The summed E-state index contributed by atoms with van der Waals surface area (Å²) in [5.74, 6) is 0.562. The van der Waals surface area contributed by atoms with E-state index in [-0.39, 0.29) is 12.0 Å². The fourth-order valence-electron chi connectivity index (χ4n) is 2.31. The summed E-state index contributed by atoms with van der Waals surface area (Å²) in [5.41, 5.74) is 1.14. The van der Waals surface area contributed by atoms with E-state index in [2.05, 4.69) is 5.32 Å². The average molecular weight is 260 g/mol. The fraction of sp³-hybridized carbons (Fsp3) is 0.500. The monoisotopic (exact) mass is 259 g/mol. The Kier molecular flexibility index (Phi) is 3.75. The Labute approximate surface area is 106 Å². The summed E-state index contributed by atoms with van der Waals surface area (Å²) in [7, 11) is 0. The molecule has 1 heterocycles. The molecule has 3 atom stereocenters. The van der Waals surface area contributed by atoms with Crippen LogP contribution in [0, 0.1) is 5.92 Å². The summed E-state index contributed by atoms with van der Waals surface area (Å²) in [4.78, 5) is 0. The molecule has 1 fully saturated rings. The maximum atomic E-state index is 9.71. The van der Waals surface area contributed by atoms with Crippen molar-refractivity contribution in [3.05, 3.63) is 33.8 Å². The molecule has 3 unspecified atom stereocenters. The quantitative estimate of drug-likeness (QED) is 0.856. The van der Waals surface area contributed by atoms with E-state index >= 15 is 0 Å². The van der Waals surface area contributed by atoms with Gasteiger partial charge in [0, 0.05) is 24.9 Å². The van der Waals surface area contributed by atoms with Gasteiger partial charge in [0.2, 0.25) is 0 Å². The van der Waals surface area contributed by atoms with Crippen LogP contribution in [0.5, 0.6) is 0 Å². The number of halogens is 2. The molecular formula is C12H15Cl2NO. The smallest absolute Gasteiger partial charge is 0.0595 e. The molecule has 1 aromatic carbocycles. The predicted octanol–water partition coefficient (Wildman–Crippen LogP) is 2.68. The molecule has 0 radical (unpaired) electrons. The minimum absolute atomic E-state index is 0.247. The normalized spacial score (nSPS) is 27.0. The first-order valence-electron chi connectivity index (χ1n) is 5.43. The van der Waals surface area contributed by atoms with Gasteiger partial charge in [-0.15, -0.1) is 0 Å². The Bertz CT molecular complexity index is 381. The van der Waals surface area contributed by atoms with Crippen LogP contribution in [-0.2, 0) is 0 Å². The molecule has 2 nitrogen and oxygen atoms in total. The van der Waals surface area contributed by atoms with Crippen LogP contribution in [0.2, 0.25) is 10.0 Å². The van der Waals surface area contributed by atoms with Gasteiger partial charge in [-0.05, 0) is 24.6 Å². The SMILES string of the molecule is CC(O)C1CNCC1c1ccc(Cl)c(Cl)c1. The average Bonchev–Trinajstić information content (AvgIpc) is 2.71. The number of aliphatic hydroxyl groups is 1. The van der Waals surface area contributed by atoms with E-state index in [0.29, 0.717) is 16.0 Å². The Morgan fingerprint density at radius 3 is 2.69 bits per heavy atom. The molecule has 1 aliphatic heterocycles. The van der Waals surface area contributed by atoms with Gasteiger partial charge < -0.3 is 10.4 Å². The van der Waals surface area contributed by atoms with Crippen LogP contribution < -0.4 is 5.32 Å². The molecule has 1 aromatic rings. The van der Waals surface area contributed by atoms with Gasteiger partial charge in [0.15, 0.2) is 0 Å². The fourth-order valence-corrected chi connectivity index (χ4v) is 2.62. The summed E-state index contributed by atoms with van der Waals surface area (Å²) in [6.45, 7) is 3.57. The summed E-state index contributed by atoms with van der Waals surface area (Å²) in [6, 6.07) is 5.70. The van der Waals surface area contributed by atoms with Gasteiger partial charge in [0.1, 0.15) is 0 Å². The molecular weight excluding hydrogens is 245 g/mol. The zero-order valence-electron chi connectivity index (χ0n) is 9.08. The molecule has 4 heteroatoms. The van der Waals surface area contributed by atoms with Crippen LogP contribution in [-0.4, -0.2) is 24.3 Å². The number of hydrogen-bond donors (Lipinski definition) is 2. The largest absolute Gasteiger partial charge is 0.393 e. The first kappa shape index (κ1) is 12.2. The lowest BCUT2D eigenvalue weighted by Gasteiger charge is -2.21. The number of benzene rings is 1. The molecule has 0 aromatic heterocycles. The van der Waals surface area contributed by atoms with Crippen molar-refractivity contribution in [2.75, 3.05) is 13.1 Å². The van der Waals surface area contributed by atoms with Crippen LogP contribution in [0.25, 0.3) is 0 Å². The maximum absolute atomic E-state index is 9.71. The van der Waals surface area contributed by atoms with Gasteiger partial charge in [0.25, 0.3) is 0 Å². The molecule has 0 bridgehead atoms. The Morgan fingerprint density at radius 1 is 1.31 bits per heavy atom. The third kappa shape index (κ3) is 2.35. The Morgan fingerprint density at radius 2 is 2.06 bits per heavy atom. The lowest BCUT2D eigenvalue weighted by Crippen LogP contribution is -2.23. The zero-order chi connectivity index (χ0) is 11.7. The van der Waals surface area contributed by atoms with Crippen molar-refractivity contribution in [3.63, 3.8) is 0 Å².